The molecule has 11 N–H and O–H groups in total. The van der Waals surface area contributed by atoms with Gasteiger partial charge in [0.25, 0.3) is 6.43 Å². The van der Waals surface area contributed by atoms with E-state index in [1.807, 2.05) is 123 Å². The summed E-state index contributed by atoms with van der Waals surface area (Å²) in [4.78, 5) is 117. The molecule has 4 atom stereocenters. The number of H-pyrrole nitrogens is 4. The zero-order valence-electron chi connectivity index (χ0n) is 59.9. The van der Waals surface area contributed by atoms with E-state index in [0.717, 1.165) is 66.4 Å². The first-order valence-corrected chi connectivity index (χ1v) is 34.1. The second kappa shape index (κ2) is 34.5. The minimum atomic E-state index is -2.60. The van der Waals surface area contributed by atoms with Crippen LogP contribution in [0, 0.1) is 0 Å². The van der Waals surface area contributed by atoms with Crippen molar-refractivity contribution >= 4 is 91.0 Å². The number of pyridine rings is 4. The van der Waals surface area contributed by atoms with Gasteiger partial charge in [-0.3, -0.25) is 19.2 Å². The first-order chi connectivity index (χ1) is 50.0. The van der Waals surface area contributed by atoms with Gasteiger partial charge in [0, 0.05) is 155 Å². The second-order valence-corrected chi connectivity index (χ2v) is 24.9. The molecule has 0 saturated carbocycles. The fourth-order valence-corrected chi connectivity index (χ4v) is 10.8. The van der Waals surface area contributed by atoms with Crippen LogP contribution in [0.3, 0.4) is 0 Å². The lowest BCUT2D eigenvalue weighted by Crippen LogP contribution is -2.51. The van der Waals surface area contributed by atoms with E-state index in [0.29, 0.717) is 85.3 Å². The Morgan fingerprint density at radius 1 is 0.433 bits per heavy atom. The van der Waals surface area contributed by atoms with Crippen LogP contribution >= 0.6 is 0 Å². The number of likely N-dealkylation sites (N-methyl/N-ethyl adjacent to an activating group) is 2. The van der Waals surface area contributed by atoms with Crippen LogP contribution < -0.4 is 37.2 Å². The van der Waals surface area contributed by atoms with E-state index in [4.69, 9.17) is 0 Å². The number of aromatic amines is 4. The quantitative estimate of drug-likeness (QED) is 0.0240. The SMILES string of the molecule is CCN(C)C(=O)[C@@](C)(CC)Nc1ccnc(-c2c[nH]c3ncccc23)n1.CCNC(=O)[C@@](C)(CC)Nc1ccnc(-c2c[nH]c3ncccc23)n1.CC[C@@](C)(Nc1ccnc(-c2c[nH]c3ncccc23)n1)C(=O)NCC(F)F.CC[C@@](C)(Nc1ccnc(-c2c[nH]c3ncccc23)n1)C(=O)NCCF.[HH].[HH].[HH].[HH].[HH].[HH].[HH]. The van der Waals surface area contributed by atoms with E-state index < -0.39 is 47.7 Å². The van der Waals surface area contributed by atoms with Gasteiger partial charge in [0.15, 0.2) is 23.3 Å². The molecular formula is C73H101F3N24O4. The van der Waals surface area contributed by atoms with E-state index >= 15 is 0 Å². The van der Waals surface area contributed by atoms with Crippen LogP contribution in [0.25, 0.3) is 89.7 Å². The van der Waals surface area contributed by atoms with Crippen LogP contribution in [-0.2, 0) is 19.2 Å². The number of nitrogens with one attached hydrogen (secondary N) is 11. The zero-order valence-corrected chi connectivity index (χ0v) is 59.9. The van der Waals surface area contributed by atoms with Gasteiger partial charge in [0.2, 0.25) is 23.6 Å². The lowest BCUT2D eigenvalue weighted by Gasteiger charge is -2.32. The summed E-state index contributed by atoms with van der Waals surface area (Å²) < 4.78 is 37.1. The molecule has 0 fully saturated rings. The van der Waals surface area contributed by atoms with Gasteiger partial charge in [-0.2, -0.15) is 0 Å². The largest absolute Gasteiger partial charge is 0.356 e. The molecule has 0 bridgehead atoms. The lowest BCUT2D eigenvalue weighted by molar-refractivity contribution is -0.134. The Morgan fingerprint density at radius 3 is 1.01 bits per heavy atom. The summed E-state index contributed by atoms with van der Waals surface area (Å²) in [5.41, 5.74) is 3.00. The molecule has 12 heterocycles. The highest BCUT2D eigenvalue weighted by molar-refractivity contribution is 5.96. The van der Waals surface area contributed by atoms with Crippen molar-refractivity contribution in [3.8, 4) is 45.6 Å². The maximum atomic E-state index is 12.7. The average molecular weight is 1440 g/mol. The number of aromatic nitrogens is 16. The van der Waals surface area contributed by atoms with Crippen LogP contribution in [0.4, 0.5) is 36.4 Å². The van der Waals surface area contributed by atoms with Crippen molar-refractivity contribution in [2.45, 2.75) is 124 Å². The predicted octanol–water partition coefficient (Wildman–Crippen LogP) is 13.2. The number of fused-ring (bicyclic) bond motifs is 4. The first-order valence-electron chi connectivity index (χ1n) is 34.1. The molecule has 0 unspecified atom stereocenters. The van der Waals surface area contributed by atoms with Crippen molar-refractivity contribution in [1.82, 2.24) is 101 Å². The van der Waals surface area contributed by atoms with Crippen molar-refractivity contribution in [1.29, 1.82) is 0 Å². The van der Waals surface area contributed by atoms with E-state index in [-0.39, 0.29) is 34.3 Å². The molecule has 4 amide bonds. The normalized spacial score (nSPS) is 13.4. The third-order valence-corrected chi connectivity index (χ3v) is 17.8. The van der Waals surface area contributed by atoms with Crippen molar-refractivity contribution in [2.24, 2.45) is 0 Å². The van der Waals surface area contributed by atoms with Gasteiger partial charge < -0.3 is 62.1 Å². The molecule has 0 saturated heterocycles. The van der Waals surface area contributed by atoms with E-state index in [2.05, 4.69) is 117 Å². The number of hydrogen-bond acceptors (Lipinski definition) is 20. The maximum absolute atomic E-state index is 12.7. The van der Waals surface area contributed by atoms with E-state index in [9.17, 15) is 32.3 Å². The van der Waals surface area contributed by atoms with Gasteiger partial charge in [-0.25, -0.2) is 73.0 Å². The summed E-state index contributed by atoms with van der Waals surface area (Å²) in [6.45, 7) is 18.6. The van der Waals surface area contributed by atoms with Crippen LogP contribution in [0.5, 0.6) is 0 Å². The highest BCUT2D eigenvalue weighted by atomic mass is 19.3. The summed E-state index contributed by atoms with van der Waals surface area (Å²) in [7, 11) is 1.81. The van der Waals surface area contributed by atoms with Crippen LogP contribution in [0.1, 0.15) is 105 Å². The van der Waals surface area contributed by atoms with Gasteiger partial charge in [0.1, 0.15) is 74.7 Å². The number of halogens is 3. The molecule has 0 aliphatic rings. The Labute approximate surface area is 609 Å². The Balaban J connectivity index is 0.000000492. The lowest BCUT2D eigenvalue weighted by atomic mass is 9.97. The first kappa shape index (κ1) is 76.1. The molecule has 12 aromatic heterocycles. The van der Waals surface area contributed by atoms with Gasteiger partial charge in [-0.15, -0.1) is 0 Å². The summed E-state index contributed by atoms with van der Waals surface area (Å²) in [6.07, 6.45) is 20.3. The van der Waals surface area contributed by atoms with E-state index in [1.54, 1.807) is 106 Å². The number of nitrogens with zero attached hydrogens (tertiary/aromatic N) is 13. The number of anilines is 4. The highest BCUT2D eigenvalue weighted by Crippen LogP contribution is 2.32. The Bertz CT molecular complexity index is 4910. The molecule has 12 rings (SSSR count). The fourth-order valence-electron chi connectivity index (χ4n) is 10.8. The number of carbonyl (C=O) groups excluding carboxylic acids is 4. The predicted molar refractivity (Wildman–Crippen MR) is 413 cm³/mol. The van der Waals surface area contributed by atoms with Crippen molar-refractivity contribution in [3.05, 3.63) is 147 Å². The fraction of sp³-hybridized carbons (Fsp3) is 0.342. The number of carbonyl (C=O) groups is 4. The standard InChI is InChI=1S/C19H24N6O.C18H20F2N6O.C18H21FN6O.C18H22N6O.7H2/c1-5-19(3,18(26)25(4)6-2)24-15-9-11-21-17(23-15)14-12-22-16-13(14)8-7-10-20-16;1-3-18(2,17(27)24-10-13(19)20)26-14-6-8-22-16(25-14)12-9-23-15-11(12)5-4-7-21-15;1-3-18(2,17(26)22-10-7-19)25-14-6-9-21-16(24-14)13-11-23-15-12(13)5-4-8-20-15;1-4-18(3,17(25)19-5-2)24-14-8-10-21-16(23-14)13-11-22-15-12(13)7-6-9-20-15;;;;;;;/h7-12H,5-6H2,1-4H3,(H,20,22)(H,21,23,24);4-9,13H,3,10H2,1-2H3,(H,21,23)(H,24,27)(H,22,25,26);4-6,8-9,11H,3,7,10H2,1-2H3,(H,20,23)(H,22,26)(H,21,24,25);6-11H,4-5H2,1-3H3,(H,19,25)(H,20,22)(H,21,23,24);7*1H/t19-;3*18-;;;;;;;/m1111......./s1. The maximum Gasteiger partial charge on any atom is 0.255 e. The number of alkyl halides is 3. The molecule has 12 aromatic rings. The van der Waals surface area contributed by atoms with Crippen molar-refractivity contribution in [2.75, 3.05) is 61.2 Å². The molecule has 0 aromatic carbocycles. The van der Waals surface area contributed by atoms with Crippen molar-refractivity contribution in [3.63, 3.8) is 0 Å². The van der Waals surface area contributed by atoms with Gasteiger partial charge in [-0.1, -0.05) is 27.7 Å². The summed E-state index contributed by atoms with van der Waals surface area (Å²) in [5, 5.41) is 24.2. The summed E-state index contributed by atoms with van der Waals surface area (Å²) in [5.74, 6) is 3.55. The monoisotopic (exact) mass is 1430 g/mol. The third kappa shape index (κ3) is 18.2. The second-order valence-electron chi connectivity index (χ2n) is 24.9. The molecule has 0 aliphatic heterocycles. The summed E-state index contributed by atoms with van der Waals surface area (Å²) >= 11 is 0. The molecule has 0 spiro atoms. The van der Waals surface area contributed by atoms with E-state index in [1.165, 1.54) is 0 Å². The minimum absolute atomic E-state index is 0. The Morgan fingerprint density at radius 2 is 0.731 bits per heavy atom. The minimum Gasteiger partial charge on any atom is -0.356 e. The zero-order chi connectivity index (χ0) is 74.6. The van der Waals surface area contributed by atoms with Gasteiger partial charge in [0.05, 0.1) is 6.54 Å². The Kier molecular flexibility index (Phi) is 25.3. The molecular weight excluding hydrogens is 1330 g/mol. The number of amides is 4. The van der Waals surface area contributed by atoms with Crippen LogP contribution in [-0.4, -0.2) is 177 Å². The average Bonchev–Trinajstić information content (AvgIpc) is 1.75. The molecule has 104 heavy (non-hydrogen) atoms. The van der Waals surface area contributed by atoms with Crippen LogP contribution in [0.15, 0.2) is 147 Å². The molecule has 558 valence electrons. The highest BCUT2D eigenvalue weighted by Gasteiger charge is 2.36. The van der Waals surface area contributed by atoms with Gasteiger partial charge >= 0.3 is 0 Å². The topological polar surface area (TPSA) is 374 Å². The molecule has 28 nitrogen and oxygen atoms in total. The Hall–Kier alpha value is -12.1. The smallest absolute Gasteiger partial charge is 0.255 e. The number of hydrogen-bond donors (Lipinski definition) is 11. The molecule has 31 heteroatoms. The van der Waals surface area contributed by atoms with Gasteiger partial charge in [-0.05, 0) is 140 Å². The molecule has 0 aliphatic carbocycles. The van der Waals surface area contributed by atoms with Crippen molar-refractivity contribution < 1.29 is 42.3 Å². The molecule has 0 radical (unpaired) electrons. The summed E-state index contributed by atoms with van der Waals surface area (Å²) in [6, 6.07) is 22.1. The third-order valence-electron chi connectivity index (χ3n) is 17.8. The number of rotatable bonds is 26. The van der Waals surface area contributed by atoms with Crippen LogP contribution in [0.2, 0.25) is 0 Å².